The standard InChI is InChI=1S/C15H17ClN2O2/c16-11-5-3-4-10(8-11)9-14-17-15(20-18-14)12-6-1-2-7-13(12)19/h3-5,8,12-13,19H,1-2,6-7,9H2. The van der Waals surface area contributed by atoms with E-state index in [0.29, 0.717) is 23.2 Å². The second-order valence-corrected chi connectivity index (χ2v) is 5.75. The molecule has 106 valence electrons. The van der Waals surface area contributed by atoms with Crippen LogP contribution >= 0.6 is 11.6 Å². The van der Waals surface area contributed by atoms with Gasteiger partial charge >= 0.3 is 0 Å². The zero-order valence-corrected chi connectivity index (χ0v) is 11.9. The Hall–Kier alpha value is -1.39. The van der Waals surface area contributed by atoms with Crippen LogP contribution in [0.1, 0.15) is 48.9 Å². The number of halogens is 1. The molecule has 1 N–H and O–H groups in total. The first-order valence-corrected chi connectivity index (χ1v) is 7.35. The zero-order chi connectivity index (χ0) is 13.9. The number of hydrogen-bond acceptors (Lipinski definition) is 4. The van der Waals surface area contributed by atoms with Crippen LogP contribution in [0, 0.1) is 0 Å². The first-order chi connectivity index (χ1) is 9.72. The minimum Gasteiger partial charge on any atom is -0.392 e. The Balaban J connectivity index is 1.73. The van der Waals surface area contributed by atoms with E-state index in [1.807, 2.05) is 24.3 Å². The van der Waals surface area contributed by atoms with Crippen LogP contribution in [0.15, 0.2) is 28.8 Å². The van der Waals surface area contributed by atoms with Crippen LogP contribution in [0.3, 0.4) is 0 Å². The highest BCUT2D eigenvalue weighted by atomic mass is 35.5. The van der Waals surface area contributed by atoms with Gasteiger partial charge in [0, 0.05) is 11.4 Å². The van der Waals surface area contributed by atoms with Crippen molar-refractivity contribution < 1.29 is 9.63 Å². The molecule has 1 aliphatic carbocycles. The Kier molecular flexibility index (Phi) is 4.03. The molecular formula is C15H17ClN2O2. The highest BCUT2D eigenvalue weighted by Gasteiger charge is 2.29. The van der Waals surface area contributed by atoms with Gasteiger partial charge in [-0.1, -0.05) is 41.7 Å². The van der Waals surface area contributed by atoms with E-state index in [1.54, 1.807) is 0 Å². The maximum Gasteiger partial charge on any atom is 0.232 e. The van der Waals surface area contributed by atoms with E-state index in [-0.39, 0.29) is 12.0 Å². The number of hydrogen-bond donors (Lipinski definition) is 1. The second kappa shape index (κ2) is 5.94. The summed E-state index contributed by atoms with van der Waals surface area (Å²) in [5.41, 5.74) is 1.05. The lowest BCUT2D eigenvalue weighted by Gasteiger charge is -2.24. The quantitative estimate of drug-likeness (QED) is 0.942. The van der Waals surface area contributed by atoms with E-state index in [2.05, 4.69) is 10.1 Å². The molecule has 2 aromatic rings. The average Bonchev–Trinajstić information content (AvgIpc) is 2.87. The third-order valence-electron chi connectivity index (χ3n) is 3.78. The van der Waals surface area contributed by atoms with Crippen molar-refractivity contribution in [1.82, 2.24) is 10.1 Å². The molecule has 0 bridgehead atoms. The third-order valence-corrected chi connectivity index (χ3v) is 4.02. The third kappa shape index (κ3) is 3.02. The Morgan fingerprint density at radius 2 is 2.15 bits per heavy atom. The minimum absolute atomic E-state index is 0.00985. The molecule has 1 heterocycles. The fourth-order valence-corrected chi connectivity index (χ4v) is 2.93. The van der Waals surface area contributed by atoms with E-state index in [4.69, 9.17) is 16.1 Å². The van der Waals surface area contributed by atoms with Gasteiger partial charge in [-0.25, -0.2) is 0 Å². The van der Waals surface area contributed by atoms with Crippen LogP contribution in [-0.4, -0.2) is 21.4 Å². The van der Waals surface area contributed by atoms with Crippen molar-refractivity contribution >= 4 is 11.6 Å². The topological polar surface area (TPSA) is 59.2 Å². The Morgan fingerprint density at radius 3 is 2.95 bits per heavy atom. The van der Waals surface area contributed by atoms with Gasteiger partial charge < -0.3 is 9.63 Å². The van der Waals surface area contributed by atoms with Crippen LogP contribution < -0.4 is 0 Å². The maximum absolute atomic E-state index is 10.0. The van der Waals surface area contributed by atoms with Gasteiger partial charge in [0.1, 0.15) is 0 Å². The maximum atomic E-state index is 10.0. The van der Waals surface area contributed by atoms with Crippen LogP contribution in [0.2, 0.25) is 5.02 Å². The molecule has 0 aliphatic heterocycles. The van der Waals surface area contributed by atoms with E-state index in [0.717, 1.165) is 31.2 Å². The summed E-state index contributed by atoms with van der Waals surface area (Å²) >= 11 is 5.96. The smallest absolute Gasteiger partial charge is 0.232 e. The van der Waals surface area contributed by atoms with Gasteiger partial charge in [-0.2, -0.15) is 4.98 Å². The average molecular weight is 293 g/mol. The SMILES string of the molecule is OC1CCCCC1c1nc(Cc2cccc(Cl)c2)no1. The summed E-state index contributed by atoms with van der Waals surface area (Å²) in [4.78, 5) is 4.43. The molecule has 0 radical (unpaired) electrons. The van der Waals surface area contributed by atoms with Crippen molar-refractivity contribution in [2.75, 3.05) is 0 Å². The van der Waals surface area contributed by atoms with E-state index < -0.39 is 0 Å². The number of aliphatic hydroxyl groups excluding tert-OH is 1. The van der Waals surface area contributed by atoms with Crippen LogP contribution in [0.25, 0.3) is 0 Å². The van der Waals surface area contributed by atoms with Crippen LogP contribution in [-0.2, 0) is 6.42 Å². The molecule has 0 spiro atoms. The molecule has 1 saturated carbocycles. The largest absolute Gasteiger partial charge is 0.392 e. The van der Waals surface area contributed by atoms with Gasteiger partial charge in [-0.3, -0.25) is 0 Å². The van der Waals surface area contributed by atoms with Gasteiger partial charge in [0.05, 0.1) is 12.0 Å². The predicted molar refractivity (Wildman–Crippen MR) is 75.8 cm³/mol. The molecule has 2 atom stereocenters. The summed E-state index contributed by atoms with van der Waals surface area (Å²) < 4.78 is 5.32. The van der Waals surface area contributed by atoms with Crippen LogP contribution in [0.5, 0.6) is 0 Å². The summed E-state index contributed by atoms with van der Waals surface area (Å²) in [7, 11) is 0. The fourth-order valence-electron chi connectivity index (χ4n) is 2.72. The molecule has 1 aromatic carbocycles. The molecule has 1 fully saturated rings. The highest BCUT2D eigenvalue weighted by molar-refractivity contribution is 6.30. The van der Waals surface area contributed by atoms with Gasteiger partial charge in [0.25, 0.3) is 0 Å². The first kappa shape index (κ1) is 13.6. The summed E-state index contributed by atoms with van der Waals surface area (Å²) in [6, 6.07) is 7.62. The molecule has 3 rings (SSSR count). The van der Waals surface area contributed by atoms with Gasteiger partial charge in [-0.15, -0.1) is 0 Å². The predicted octanol–water partition coefficient (Wildman–Crippen LogP) is 3.33. The van der Waals surface area contributed by atoms with E-state index in [1.165, 1.54) is 0 Å². The lowest BCUT2D eigenvalue weighted by Crippen LogP contribution is -2.22. The number of aliphatic hydroxyl groups is 1. The van der Waals surface area contributed by atoms with E-state index >= 15 is 0 Å². The second-order valence-electron chi connectivity index (χ2n) is 5.31. The number of nitrogens with zero attached hydrogens (tertiary/aromatic N) is 2. The number of aromatic nitrogens is 2. The lowest BCUT2D eigenvalue weighted by atomic mass is 9.86. The molecule has 5 heteroatoms. The van der Waals surface area contributed by atoms with Gasteiger partial charge in [0.2, 0.25) is 5.89 Å². The Morgan fingerprint density at radius 1 is 1.30 bits per heavy atom. The molecule has 0 saturated heterocycles. The molecule has 4 nitrogen and oxygen atoms in total. The normalized spacial score (nSPS) is 22.9. The molecular weight excluding hydrogens is 276 g/mol. The Labute approximate surface area is 122 Å². The lowest BCUT2D eigenvalue weighted by molar-refractivity contribution is 0.0908. The van der Waals surface area contributed by atoms with Crippen molar-refractivity contribution in [1.29, 1.82) is 0 Å². The van der Waals surface area contributed by atoms with Crippen molar-refractivity contribution in [2.24, 2.45) is 0 Å². The Bertz CT molecular complexity index is 585. The van der Waals surface area contributed by atoms with E-state index in [9.17, 15) is 5.11 Å². The number of rotatable bonds is 3. The number of benzene rings is 1. The van der Waals surface area contributed by atoms with Crippen molar-refractivity contribution in [3.8, 4) is 0 Å². The first-order valence-electron chi connectivity index (χ1n) is 6.97. The van der Waals surface area contributed by atoms with Gasteiger partial charge in [0.15, 0.2) is 5.82 Å². The molecule has 1 aliphatic rings. The molecule has 2 unspecified atom stereocenters. The monoisotopic (exact) mass is 292 g/mol. The highest BCUT2D eigenvalue weighted by Crippen LogP contribution is 2.32. The van der Waals surface area contributed by atoms with Crippen LogP contribution in [0.4, 0.5) is 0 Å². The molecule has 1 aromatic heterocycles. The summed E-state index contributed by atoms with van der Waals surface area (Å²) in [6.07, 6.45) is 4.14. The molecule has 20 heavy (non-hydrogen) atoms. The van der Waals surface area contributed by atoms with Gasteiger partial charge in [-0.05, 0) is 30.5 Å². The van der Waals surface area contributed by atoms with Crippen molar-refractivity contribution in [3.63, 3.8) is 0 Å². The molecule has 0 amide bonds. The minimum atomic E-state index is -0.358. The van der Waals surface area contributed by atoms with Crippen molar-refractivity contribution in [3.05, 3.63) is 46.6 Å². The zero-order valence-electron chi connectivity index (χ0n) is 11.1. The fraction of sp³-hybridized carbons (Fsp3) is 0.467. The van der Waals surface area contributed by atoms with Crippen molar-refractivity contribution in [2.45, 2.75) is 44.1 Å². The summed E-state index contributed by atoms with van der Waals surface area (Å²) in [6.45, 7) is 0. The summed E-state index contributed by atoms with van der Waals surface area (Å²) in [5.74, 6) is 1.19. The summed E-state index contributed by atoms with van der Waals surface area (Å²) in [5, 5.41) is 14.7.